The van der Waals surface area contributed by atoms with E-state index >= 15 is 0 Å². The number of carbonyl (C=O) groups excluding carboxylic acids is 2. The summed E-state index contributed by atoms with van der Waals surface area (Å²) in [5, 5.41) is 3.05. The van der Waals surface area contributed by atoms with Gasteiger partial charge in [0, 0.05) is 42.3 Å². The van der Waals surface area contributed by atoms with Gasteiger partial charge in [-0.2, -0.15) is 0 Å². The lowest BCUT2D eigenvalue weighted by Crippen LogP contribution is -2.48. The summed E-state index contributed by atoms with van der Waals surface area (Å²) in [6.07, 6.45) is 1.70. The summed E-state index contributed by atoms with van der Waals surface area (Å²) in [5.74, 6) is 0.333. The average Bonchev–Trinajstić information content (AvgIpc) is 3.10. The lowest BCUT2D eigenvalue weighted by atomic mass is 9.89. The van der Waals surface area contributed by atoms with E-state index in [1.165, 1.54) is 12.3 Å². The van der Waals surface area contributed by atoms with Crippen LogP contribution in [0.3, 0.4) is 0 Å². The van der Waals surface area contributed by atoms with Crippen LogP contribution in [0.2, 0.25) is 5.02 Å². The third-order valence-corrected chi connectivity index (χ3v) is 7.09. The number of nitrogens with one attached hydrogen (secondary N) is 1. The van der Waals surface area contributed by atoms with Crippen LogP contribution < -0.4 is 5.32 Å². The third-order valence-electron chi connectivity index (χ3n) is 5.71. The van der Waals surface area contributed by atoms with E-state index < -0.39 is 15.9 Å². The highest BCUT2D eigenvalue weighted by Gasteiger charge is 2.32. The average molecular weight is 463 g/mol. The smallest absolute Gasteiger partial charge is 0.407 e. The summed E-state index contributed by atoms with van der Waals surface area (Å²) >= 11 is 5.99. The second-order valence-electron chi connectivity index (χ2n) is 8.01. The Hall–Kier alpha value is -2.58. The maximum atomic E-state index is 12.3. The number of alkyl carbamates (subject to hydrolysis) is 1. The first-order valence-corrected chi connectivity index (χ1v) is 12.3. The van der Waals surface area contributed by atoms with Crippen molar-refractivity contribution >= 4 is 33.4 Å². The molecule has 2 amide bonds. The van der Waals surface area contributed by atoms with Gasteiger partial charge in [0.2, 0.25) is 5.91 Å². The summed E-state index contributed by atoms with van der Waals surface area (Å²) < 4.78 is 29.1. The fourth-order valence-electron chi connectivity index (χ4n) is 3.91. The molecule has 2 aliphatic rings. The minimum absolute atomic E-state index is 0.0768. The fraction of sp³-hybridized carbons (Fsp3) is 0.364. The summed E-state index contributed by atoms with van der Waals surface area (Å²) in [6.45, 7) is 1.62. The van der Waals surface area contributed by atoms with Gasteiger partial charge >= 0.3 is 6.09 Å². The molecule has 164 valence electrons. The van der Waals surface area contributed by atoms with Gasteiger partial charge in [0.25, 0.3) is 0 Å². The van der Waals surface area contributed by atoms with Crippen molar-refractivity contribution in [3.63, 3.8) is 0 Å². The zero-order chi connectivity index (χ0) is 22.2. The lowest BCUT2D eigenvalue weighted by molar-refractivity contribution is -0.135. The van der Waals surface area contributed by atoms with Gasteiger partial charge in [-0.15, -0.1) is 0 Å². The second kappa shape index (κ2) is 8.51. The molecule has 31 heavy (non-hydrogen) atoms. The molecule has 0 bridgehead atoms. The van der Waals surface area contributed by atoms with E-state index in [4.69, 9.17) is 16.3 Å². The first kappa shape index (κ1) is 21.6. The van der Waals surface area contributed by atoms with E-state index in [2.05, 4.69) is 5.32 Å². The number of rotatable bonds is 6. The van der Waals surface area contributed by atoms with Gasteiger partial charge in [-0.3, -0.25) is 4.79 Å². The van der Waals surface area contributed by atoms with Crippen molar-refractivity contribution in [2.24, 2.45) is 0 Å². The molecule has 7 nitrogen and oxygen atoms in total. The van der Waals surface area contributed by atoms with Crippen LogP contribution in [0.5, 0.6) is 0 Å². The van der Waals surface area contributed by atoms with Gasteiger partial charge in [-0.1, -0.05) is 41.9 Å². The van der Waals surface area contributed by atoms with Crippen molar-refractivity contribution in [2.45, 2.75) is 29.7 Å². The molecule has 2 aromatic carbocycles. The van der Waals surface area contributed by atoms with Gasteiger partial charge in [0.1, 0.15) is 6.61 Å². The normalized spacial score (nSPS) is 19.0. The predicted molar refractivity (Wildman–Crippen MR) is 117 cm³/mol. The minimum Gasteiger partial charge on any atom is -0.447 e. The fourth-order valence-corrected chi connectivity index (χ4v) is 5.07. The first-order valence-electron chi connectivity index (χ1n) is 10.0. The number of hydrogen-bond acceptors (Lipinski definition) is 5. The number of nitrogens with zero attached hydrogens (tertiary/aromatic N) is 1. The van der Waals surface area contributed by atoms with Crippen LogP contribution >= 0.6 is 11.6 Å². The molecule has 2 heterocycles. The van der Waals surface area contributed by atoms with Gasteiger partial charge in [-0.05, 0) is 29.7 Å². The number of amides is 2. The number of likely N-dealkylation sites (tertiary alicyclic amines) is 1. The molecule has 9 heteroatoms. The molecule has 0 unspecified atom stereocenters. The van der Waals surface area contributed by atoms with Crippen LogP contribution in [0.1, 0.15) is 24.3 Å². The molecule has 2 saturated heterocycles. The molecule has 1 atom stereocenters. The van der Waals surface area contributed by atoms with Crippen LogP contribution in [0.25, 0.3) is 11.1 Å². The molecule has 0 saturated carbocycles. The zero-order valence-corrected chi connectivity index (χ0v) is 18.6. The number of sulfone groups is 1. The van der Waals surface area contributed by atoms with E-state index in [9.17, 15) is 18.0 Å². The van der Waals surface area contributed by atoms with Crippen LogP contribution in [0, 0.1) is 0 Å². The number of halogens is 1. The Morgan fingerprint density at radius 1 is 1.19 bits per heavy atom. The Kier molecular flexibility index (Phi) is 5.94. The van der Waals surface area contributed by atoms with Gasteiger partial charge in [0.05, 0.1) is 10.9 Å². The SMILES string of the molecule is CS(=O)(=O)c1cc(Cl)ccc1-c1ccc(C2CN(C(=O)CC[C@@H]3COC(=O)N3)C2)cc1. The maximum Gasteiger partial charge on any atom is 0.407 e. The van der Waals surface area contributed by atoms with E-state index in [0.29, 0.717) is 43.1 Å². The van der Waals surface area contributed by atoms with Crippen LogP contribution in [-0.4, -0.2) is 57.3 Å². The second-order valence-corrected chi connectivity index (χ2v) is 10.4. The van der Waals surface area contributed by atoms with Crippen molar-refractivity contribution in [3.8, 4) is 11.1 Å². The van der Waals surface area contributed by atoms with E-state index in [-0.39, 0.29) is 22.8 Å². The molecule has 2 aromatic rings. The highest BCUT2D eigenvalue weighted by atomic mass is 35.5. The molecular weight excluding hydrogens is 440 g/mol. The van der Waals surface area contributed by atoms with Crippen molar-refractivity contribution in [3.05, 3.63) is 53.1 Å². The highest BCUT2D eigenvalue weighted by molar-refractivity contribution is 7.90. The standard InChI is InChI=1S/C22H23ClN2O5S/c1-31(28,29)20-10-17(23)6-8-19(20)15-4-2-14(3-5-15)16-11-25(12-16)21(26)9-7-18-13-30-22(27)24-18/h2-6,8,10,16,18H,7,9,11-13H2,1H3,(H,24,27)/t18-/m1/s1. The predicted octanol–water partition coefficient (Wildman–Crippen LogP) is 3.22. The zero-order valence-electron chi connectivity index (χ0n) is 17.0. The molecular formula is C22H23ClN2O5S. The topological polar surface area (TPSA) is 92.8 Å². The summed E-state index contributed by atoms with van der Waals surface area (Å²) in [6, 6.07) is 12.5. The van der Waals surface area contributed by atoms with E-state index in [1.54, 1.807) is 12.1 Å². The quantitative estimate of drug-likeness (QED) is 0.711. The number of ether oxygens (including phenoxy) is 1. The van der Waals surface area contributed by atoms with Crippen LogP contribution in [-0.2, 0) is 19.4 Å². The van der Waals surface area contributed by atoms with Gasteiger partial charge in [0.15, 0.2) is 9.84 Å². The Labute approximate surface area is 186 Å². The minimum atomic E-state index is -3.42. The molecule has 1 N–H and O–H groups in total. The van der Waals surface area contributed by atoms with Crippen LogP contribution in [0.4, 0.5) is 4.79 Å². The molecule has 0 radical (unpaired) electrons. The monoisotopic (exact) mass is 462 g/mol. The van der Waals surface area contributed by atoms with Crippen molar-refractivity contribution in [1.82, 2.24) is 10.2 Å². The number of carbonyl (C=O) groups is 2. The molecule has 2 aliphatic heterocycles. The Balaban J connectivity index is 1.36. The lowest BCUT2D eigenvalue weighted by Gasteiger charge is -2.40. The largest absolute Gasteiger partial charge is 0.447 e. The molecule has 0 aromatic heterocycles. The Morgan fingerprint density at radius 2 is 1.90 bits per heavy atom. The van der Waals surface area contributed by atoms with Crippen LogP contribution in [0.15, 0.2) is 47.4 Å². The van der Waals surface area contributed by atoms with Gasteiger partial charge < -0.3 is 15.0 Å². The number of hydrogen-bond donors (Lipinski definition) is 1. The summed E-state index contributed by atoms with van der Waals surface area (Å²) in [4.78, 5) is 25.4. The van der Waals surface area contributed by atoms with Crippen molar-refractivity contribution < 1.29 is 22.7 Å². The number of benzene rings is 2. The maximum absolute atomic E-state index is 12.3. The van der Waals surface area contributed by atoms with Gasteiger partial charge in [-0.25, -0.2) is 13.2 Å². The first-order chi connectivity index (χ1) is 14.7. The summed E-state index contributed by atoms with van der Waals surface area (Å²) in [5.41, 5.74) is 2.53. The molecule has 0 spiro atoms. The van der Waals surface area contributed by atoms with Crippen molar-refractivity contribution in [2.75, 3.05) is 26.0 Å². The summed E-state index contributed by atoms with van der Waals surface area (Å²) in [7, 11) is -3.42. The molecule has 0 aliphatic carbocycles. The third kappa shape index (κ3) is 4.85. The van der Waals surface area contributed by atoms with E-state index in [1.807, 2.05) is 29.2 Å². The van der Waals surface area contributed by atoms with E-state index in [0.717, 1.165) is 11.1 Å². The molecule has 2 fully saturated rings. The van der Waals surface area contributed by atoms with Crippen molar-refractivity contribution in [1.29, 1.82) is 0 Å². The Bertz CT molecular complexity index is 1110. The highest BCUT2D eigenvalue weighted by Crippen LogP contribution is 2.33. The Morgan fingerprint density at radius 3 is 2.52 bits per heavy atom. The number of cyclic esters (lactones) is 1. The molecule has 4 rings (SSSR count).